The molecule has 0 aliphatic heterocycles. The highest BCUT2D eigenvalue weighted by atomic mass is 14.8. The average Bonchev–Trinajstić information content (AvgIpc) is 2.41. The maximum Gasteiger partial charge on any atom is 0.0807 e. The molecule has 2 aromatic rings. The summed E-state index contributed by atoms with van der Waals surface area (Å²) in [5.74, 6) is 0. The summed E-state index contributed by atoms with van der Waals surface area (Å²) in [6.45, 7) is 0.438. The molecule has 4 nitrogen and oxygen atoms in total. The Hall–Kier alpha value is -2.49. The van der Waals surface area contributed by atoms with Crippen LogP contribution in [0.25, 0.3) is 6.08 Å². The first kappa shape index (κ1) is 12.0. The Labute approximate surface area is 106 Å². The largest absolute Gasteiger partial charge is 0.400 e. The van der Waals surface area contributed by atoms with E-state index in [0.717, 1.165) is 11.4 Å². The van der Waals surface area contributed by atoms with E-state index in [0.29, 0.717) is 12.2 Å². The monoisotopic (exact) mass is 238 g/mol. The van der Waals surface area contributed by atoms with Crippen molar-refractivity contribution in [2.45, 2.75) is 0 Å². The quantitative estimate of drug-likeness (QED) is 0.827. The number of hydrogen-bond donors (Lipinski definition) is 1. The van der Waals surface area contributed by atoms with Crippen LogP contribution in [-0.2, 0) is 0 Å². The van der Waals surface area contributed by atoms with Gasteiger partial charge in [0.25, 0.3) is 0 Å². The first-order valence-corrected chi connectivity index (χ1v) is 5.62. The first-order chi connectivity index (χ1) is 8.84. The molecule has 2 aromatic heterocycles. The molecule has 90 valence electrons. The molecule has 2 rings (SSSR count). The smallest absolute Gasteiger partial charge is 0.0807 e. The van der Waals surface area contributed by atoms with Gasteiger partial charge in [0.05, 0.1) is 17.9 Å². The van der Waals surface area contributed by atoms with Crippen molar-refractivity contribution in [1.29, 1.82) is 0 Å². The molecule has 0 radical (unpaired) electrons. The third-order valence-corrected chi connectivity index (χ3v) is 2.21. The lowest BCUT2D eigenvalue weighted by Crippen LogP contribution is -2.01. The van der Waals surface area contributed by atoms with Crippen LogP contribution >= 0.6 is 0 Å². The minimum absolute atomic E-state index is 0.438. The van der Waals surface area contributed by atoms with Gasteiger partial charge in [-0.15, -0.1) is 0 Å². The molecule has 0 amide bonds. The molecule has 0 aromatic carbocycles. The summed E-state index contributed by atoms with van der Waals surface area (Å²) in [5, 5.41) is 0. The van der Waals surface area contributed by atoms with Crippen molar-refractivity contribution in [2.75, 3.05) is 6.54 Å². The van der Waals surface area contributed by atoms with Crippen LogP contribution in [0.3, 0.4) is 0 Å². The summed E-state index contributed by atoms with van der Waals surface area (Å²) in [7, 11) is 0. The van der Waals surface area contributed by atoms with Gasteiger partial charge in [-0.1, -0.05) is 12.1 Å². The molecular weight excluding hydrogens is 224 g/mol. The van der Waals surface area contributed by atoms with Gasteiger partial charge in [-0.05, 0) is 30.3 Å². The van der Waals surface area contributed by atoms with Crippen LogP contribution in [0.1, 0.15) is 11.4 Å². The standard InChI is InChI=1S/C14H14N4/c15-12(9-13-5-1-3-7-17-13)10-16-11-14-6-2-4-8-18-14/h1-9,11H,10,15H2. The molecule has 0 atom stereocenters. The fraction of sp³-hybridized carbons (Fsp3) is 0.0714. The second-order valence-electron chi connectivity index (χ2n) is 3.70. The molecule has 2 heterocycles. The minimum Gasteiger partial charge on any atom is -0.400 e. The van der Waals surface area contributed by atoms with E-state index in [2.05, 4.69) is 15.0 Å². The van der Waals surface area contributed by atoms with Crippen molar-refractivity contribution in [3.8, 4) is 0 Å². The number of nitrogens with two attached hydrogens (primary N) is 1. The van der Waals surface area contributed by atoms with E-state index in [1.165, 1.54) is 0 Å². The van der Waals surface area contributed by atoms with E-state index < -0.39 is 0 Å². The second kappa shape index (κ2) is 6.30. The average molecular weight is 238 g/mol. The SMILES string of the molecule is NC(=Cc1ccccn1)CN=Cc1ccccn1. The minimum atomic E-state index is 0.438. The third-order valence-electron chi connectivity index (χ3n) is 2.21. The van der Waals surface area contributed by atoms with E-state index in [1.807, 2.05) is 42.5 Å². The molecule has 0 saturated heterocycles. The fourth-order valence-electron chi connectivity index (χ4n) is 1.39. The van der Waals surface area contributed by atoms with Gasteiger partial charge in [0.1, 0.15) is 0 Å². The van der Waals surface area contributed by atoms with Crippen molar-refractivity contribution in [1.82, 2.24) is 9.97 Å². The summed E-state index contributed by atoms with van der Waals surface area (Å²) in [6, 6.07) is 11.4. The van der Waals surface area contributed by atoms with Gasteiger partial charge in [0, 0.05) is 24.3 Å². The lowest BCUT2D eigenvalue weighted by Gasteiger charge is -1.97. The highest BCUT2D eigenvalue weighted by molar-refractivity contribution is 5.76. The molecular formula is C14H14N4. The maximum absolute atomic E-state index is 5.86. The Bertz CT molecular complexity index is 532. The van der Waals surface area contributed by atoms with Crippen molar-refractivity contribution in [3.05, 3.63) is 65.9 Å². The molecule has 0 fully saturated rings. The van der Waals surface area contributed by atoms with Gasteiger partial charge >= 0.3 is 0 Å². The summed E-state index contributed by atoms with van der Waals surface area (Å²) in [5.41, 5.74) is 8.18. The van der Waals surface area contributed by atoms with Crippen molar-refractivity contribution in [2.24, 2.45) is 10.7 Å². The summed E-state index contributed by atoms with van der Waals surface area (Å²) in [6.07, 6.45) is 6.99. The Kier molecular flexibility index (Phi) is 4.19. The number of pyridine rings is 2. The Balaban J connectivity index is 1.94. The summed E-state index contributed by atoms with van der Waals surface area (Å²) >= 11 is 0. The zero-order chi connectivity index (χ0) is 12.6. The highest BCUT2D eigenvalue weighted by Crippen LogP contribution is 1.99. The first-order valence-electron chi connectivity index (χ1n) is 5.62. The lowest BCUT2D eigenvalue weighted by molar-refractivity contribution is 1.12. The van der Waals surface area contributed by atoms with Gasteiger partial charge in [-0.2, -0.15) is 0 Å². The van der Waals surface area contributed by atoms with Crippen molar-refractivity contribution in [3.63, 3.8) is 0 Å². The van der Waals surface area contributed by atoms with Gasteiger partial charge in [-0.3, -0.25) is 15.0 Å². The van der Waals surface area contributed by atoms with Gasteiger partial charge in [0.2, 0.25) is 0 Å². The van der Waals surface area contributed by atoms with Gasteiger partial charge < -0.3 is 5.73 Å². The van der Waals surface area contributed by atoms with Crippen molar-refractivity contribution < 1.29 is 0 Å². The topological polar surface area (TPSA) is 64.2 Å². The normalized spacial score (nSPS) is 11.9. The molecule has 0 spiro atoms. The molecule has 18 heavy (non-hydrogen) atoms. The van der Waals surface area contributed by atoms with E-state index in [9.17, 15) is 0 Å². The third kappa shape index (κ3) is 3.83. The number of nitrogens with zero attached hydrogens (tertiary/aromatic N) is 3. The van der Waals surface area contributed by atoms with Crippen LogP contribution in [-0.4, -0.2) is 22.7 Å². The lowest BCUT2D eigenvalue weighted by atomic mass is 10.3. The molecule has 0 bridgehead atoms. The van der Waals surface area contributed by atoms with E-state index in [-0.39, 0.29) is 0 Å². The molecule has 0 saturated carbocycles. The zero-order valence-electron chi connectivity index (χ0n) is 9.90. The van der Waals surface area contributed by atoms with Crippen LogP contribution in [0.2, 0.25) is 0 Å². The number of rotatable bonds is 4. The van der Waals surface area contributed by atoms with E-state index in [1.54, 1.807) is 18.6 Å². The van der Waals surface area contributed by atoms with Crippen LogP contribution in [0, 0.1) is 0 Å². The van der Waals surface area contributed by atoms with Gasteiger partial charge in [-0.25, -0.2) is 0 Å². The van der Waals surface area contributed by atoms with Crippen LogP contribution in [0.5, 0.6) is 0 Å². The van der Waals surface area contributed by atoms with E-state index in [4.69, 9.17) is 5.73 Å². The molecule has 0 unspecified atom stereocenters. The number of hydrogen-bond acceptors (Lipinski definition) is 4. The molecule has 4 heteroatoms. The summed E-state index contributed by atoms with van der Waals surface area (Å²) in [4.78, 5) is 12.5. The second-order valence-corrected chi connectivity index (χ2v) is 3.70. The predicted octanol–water partition coefficient (Wildman–Crippen LogP) is 1.90. The van der Waals surface area contributed by atoms with Crippen molar-refractivity contribution >= 4 is 12.3 Å². The fourth-order valence-corrected chi connectivity index (χ4v) is 1.39. The van der Waals surface area contributed by atoms with Crippen LogP contribution in [0.15, 0.2) is 59.5 Å². The number of aromatic nitrogens is 2. The zero-order valence-corrected chi connectivity index (χ0v) is 9.90. The van der Waals surface area contributed by atoms with Crippen LogP contribution < -0.4 is 5.73 Å². The highest BCUT2D eigenvalue weighted by Gasteiger charge is 1.91. The van der Waals surface area contributed by atoms with Gasteiger partial charge in [0.15, 0.2) is 0 Å². The number of aliphatic imine (C=N–C) groups is 1. The van der Waals surface area contributed by atoms with E-state index >= 15 is 0 Å². The predicted molar refractivity (Wildman–Crippen MR) is 73.1 cm³/mol. The Morgan fingerprint density at radius 1 is 1.06 bits per heavy atom. The molecule has 0 aliphatic carbocycles. The molecule has 2 N–H and O–H groups in total. The Morgan fingerprint density at radius 3 is 2.33 bits per heavy atom. The summed E-state index contributed by atoms with van der Waals surface area (Å²) < 4.78 is 0. The molecule has 0 aliphatic rings. The van der Waals surface area contributed by atoms with Crippen LogP contribution in [0.4, 0.5) is 0 Å². The maximum atomic E-state index is 5.86. The Morgan fingerprint density at radius 2 is 1.72 bits per heavy atom.